The zero-order valence-corrected chi connectivity index (χ0v) is 11.4. The number of amides is 1. The topological polar surface area (TPSA) is 29.5 Å². The van der Waals surface area contributed by atoms with Gasteiger partial charge in [0.25, 0.3) is 0 Å². The predicted octanol–water partition coefficient (Wildman–Crippen LogP) is 2.83. The van der Waals surface area contributed by atoms with E-state index in [9.17, 15) is 4.79 Å². The van der Waals surface area contributed by atoms with E-state index in [0.717, 1.165) is 5.56 Å². The minimum absolute atomic E-state index is 0.00927. The second-order valence-electron chi connectivity index (χ2n) is 4.57. The fourth-order valence-electron chi connectivity index (χ4n) is 2.00. The van der Waals surface area contributed by atoms with E-state index in [1.54, 1.807) is 11.9 Å². The highest BCUT2D eigenvalue weighted by molar-refractivity contribution is 5.83. The standard InChI is InChI=1S/C16H19NO2/c1-3-19-12-16(18)17(2)11-13-8-9-14-6-4-5-7-15(14)10-13/h4-10H,3,11-12H2,1-2H3. The number of hydrogen-bond acceptors (Lipinski definition) is 2. The van der Waals surface area contributed by atoms with Gasteiger partial charge in [0.1, 0.15) is 6.61 Å². The molecular formula is C16H19NO2. The monoisotopic (exact) mass is 257 g/mol. The summed E-state index contributed by atoms with van der Waals surface area (Å²) in [4.78, 5) is 13.5. The lowest BCUT2D eigenvalue weighted by Gasteiger charge is -2.17. The molecular weight excluding hydrogens is 238 g/mol. The van der Waals surface area contributed by atoms with Crippen LogP contribution in [0.1, 0.15) is 12.5 Å². The lowest BCUT2D eigenvalue weighted by Crippen LogP contribution is -2.29. The third-order valence-electron chi connectivity index (χ3n) is 3.09. The molecule has 3 heteroatoms. The second-order valence-corrected chi connectivity index (χ2v) is 4.57. The minimum Gasteiger partial charge on any atom is -0.372 e. The highest BCUT2D eigenvalue weighted by Crippen LogP contribution is 2.16. The molecule has 0 radical (unpaired) electrons. The van der Waals surface area contributed by atoms with E-state index < -0.39 is 0 Å². The summed E-state index contributed by atoms with van der Waals surface area (Å²) >= 11 is 0. The Bertz CT molecular complexity index is 565. The molecule has 0 unspecified atom stereocenters. The average Bonchev–Trinajstić information content (AvgIpc) is 2.44. The Morgan fingerprint density at radius 2 is 1.89 bits per heavy atom. The van der Waals surface area contributed by atoms with Gasteiger partial charge in [0.15, 0.2) is 0 Å². The van der Waals surface area contributed by atoms with Gasteiger partial charge in [-0.15, -0.1) is 0 Å². The van der Waals surface area contributed by atoms with Gasteiger partial charge >= 0.3 is 0 Å². The Morgan fingerprint density at radius 1 is 1.16 bits per heavy atom. The zero-order valence-electron chi connectivity index (χ0n) is 11.4. The van der Waals surface area contributed by atoms with Crippen molar-refractivity contribution in [3.63, 3.8) is 0 Å². The molecule has 2 aromatic rings. The van der Waals surface area contributed by atoms with Gasteiger partial charge in [-0.05, 0) is 29.3 Å². The van der Waals surface area contributed by atoms with Crippen molar-refractivity contribution in [3.8, 4) is 0 Å². The van der Waals surface area contributed by atoms with Crippen LogP contribution in [0.25, 0.3) is 10.8 Å². The van der Waals surface area contributed by atoms with Crippen LogP contribution < -0.4 is 0 Å². The van der Waals surface area contributed by atoms with Gasteiger partial charge in [0.05, 0.1) is 0 Å². The van der Waals surface area contributed by atoms with Crippen molar-refractivity contribution in [2.45, 2.75) is 13.5 Å². The summed E-state index contributed by atoms with van der Waals surface area (Å²) in [5.74, 6) is 0.00927. The van der Waals surface area contributed by atoms with E-state index in [-0.39, 0.29) is 12.5 Å². The van der Waals surface area contributed by atoms with Gasteiger partial charge in [-0.1, -0.05) is 36.4 Å². The number of carbonyl (C=O) groups excluding carboxylic acids is 1. The molecule has 0 saturated carbocycles. The first kappa shape index (κ1) is 13.6. The SMILES string of the molecule is CCOCC(=O)N(C)Cc1ccc2ccccc2c1. The van der Waals surface area contributed by atoms with Crippen molar-refractivity contribution in [2.75, 3.05) is 20.3 Å². The maximum Gasteiger partial charge on any atom is 0.248 e. The molecule has 0 fully saturated rings. The Balaban J connectivity index is 2.06. The van der Waals surface area contributed by atoms with E-state index in [4.69, 9.17) is 4.74 Å². The maximum absolute atomic E-state index is 11.8. The zero-order chi connectivity index (χ0) is 13.7. The Morgan fingerprint density at radius 3 is 2.63 bits per heavy atom. The van der Waals surface area contributed by atoms with Crippen LogP contribution >= 0.6 is 0 Å². The van der Waals surface area contributed by atoms with E-state index in [2.05, 4.69) is 30.3 Å². The van der Waals surface area contributed by atoms with Crippen LogP contribution in [0.2, 0.25) is 0 Å². The van der Waals surface area contributed by atoms with Gasteiger partial charge in [0, 0.05) is 20.2 Å². The molecule has 0 atom stereocenters. The number of hydrogen-bond donors (Lipinski definition) is 0. The van der Waals surface area contributed by atoms with Gasteiger partial charge < -0.3 is 9.64 Å². The van der Waals surface area contributed by atoms with Gasteiger partial charge in [-0.25, -0.2) is 0 Å². The van der Waals surface area contributed by atoms with Crippen molar-refractivity contribution < 1.29 is 9.53 Å². The molecule has 0 spiro atoms. The summed E-state index contributed by atoms with van der Waals surface area (Å²) in [5, 5.41) is 2.42. The maximum atomic E-state index is 11.8. The number of ether oxygens (including phenoxy) is 1. The molecule has 0 saturated heterocycles. The number of rotatable bonds is 5. The molecule has 3 nitrogen and oxygen atoms in total. The molecule has 0 N–H and O–H groups in total. The summed E-state index contributed by atoms with van der Waals surface area (Å²) in [5.41, 5.74) is 1.13. The quantitative estimate of drug-likeness (QED) is 0.824. The first-order valence-corrected chi connectivity index (χ1v) is 6.50. The first-order chi connectivity index (χ1) is 9.20. The summed E-state index contributed by atoms with van der Waals surface area (Å²) in [6.07, 6.45) is 0. The first-order valence-electron chi connectivity index (χ1n) is 6.50. The van der Waals surface area contributed by atoms with Crippen molar-refractivity contribution in [1.29, 1.82) is 0 Å². The highest BCUT2D eigenvalue weighted by atomic mass is 16.5. The smallest absolute Gasteiger partial charge is 0.248 e. The number of fused-ring (bicyclic) bond motifs is 1. The molecule has 1 amide bonds. The van der Waals surface area contributed by atoms with Crippen LogP contribution in [0.5, 0.6) is 0 Å². The van der Waals surface area contributed by atoms with Gasteiger partial charge in [-0.3, -0.25) is 4.79 Å². The lowest BCUT2D eigenvalue weighted by atomic mass is 10.1. The third-order valence-corrected chi connectivity index (χ3v) is 3.09. The molecule has 0 aliphatic rings. The van der Waals surface area contributed by atoms with Crippen LogP contribution in [0, 0.1) is 0 Å². The number of nitrogens with zero attached hydrogens (tertiary/aromatic N) is 1. The number of carbonyl (C=O) groups is 1. The minimum atomic E-state index is 0.00927. The van der Waals surface area contributed by atoms with Crippen molar-refractivity contribution in [1.82, 2.24) is 4.90 Å². The fourth-order valence-corrected chi connectivity index (χ4v) is 2.00. The van der Waals surface area contributed by atoms with Crippen molar-refractivity contribution in [3.05, 3.63) is 48.0 Å². The Kier molecular flexibility index (Phi) is 4.53. The molecule has 0 aliphatic heterocycles. The predicted molar refractivity (Wildman–Crippen MR) is 76.9 cm³/mol. The molecule has 0 aliphatic carbocycles. The van der Waals surface area contributed by atoms with E-state index in [0.29, 0.717) is 13.2 Å². The lowest BCUT2D eigenvalue weighted by molar-refractivity contribution is -0.135. The highest BCUT2D eigenvalue weighted by Gasteiger charge is 2.09. The summed E-state index contributed by atoms with van der Waals surface area (Å²) in [7, 11) is 1.80. The van der Waals surface area contributed by atoms with Crippen molar-refractivity contribution >= 4 is 16.7 Å². The Labute approximate surface area is 113 Å². The fraction of sp³-hybridized carbons (Fsp3) is 0.312. The summed E-state index contributed by atoms with van der Waals surface area (Å²) in [6, 6.07) is 14.5. The Hall–Kier alpha value is -1.87. The van der Waals surface area contributed by atoms with E-state index in [1.165, 1.54) is 10.8 Å². The van der Waals surface area contributed by atoms with Crippen LogP contribution in [0.4, 0.5) is 0 Å². The largest absolute Gasteiger partial charge is 0.372 e. The number of likely N-dealkylation sites (N-methyl/N-ethyl adjacent to an activating group) is 1. The summed E-state index contributed by atoms with van der Waals surface area (Å²) in [6.45, 7) is 3.21. The van der Waals surface area contributed by atoms with Crippen LogP contribution in [0.15, 0.2) is 42.5 Å². The third kappa shape index (κ3) is 3.55. The molecule has 100 valence electrons. The van der Waals surface area contributed by atoms with Gasteiger partial charge in [0.2, 0.25) is 5.91 Å². The van der Waals surface area contributed by atoms with Crippen LogP contribution in [-0.2, 0) is 16.1 Å². The second kappa shape index (κ2) is 6.34. The molecule has 19 heavy (non-hydrogen) atoms. The summed E-state index contributed by atoms with van der Waals surface area (Å²) < 4.78 is 5.13. The molecule has 0 bridgehead atoms. The van der Waals surface area contributed by atoms with E-state index in [1.807, 2.05) is 19.1 Å². The van der Waals surface area contributed by atoms with Crippen molar-refractivity contribution in [2.24, 2.45) is 0 Å². The van der Waals surface area contributed by atoms with E-state index >= 15 is 0 Å². The molecule has 2 aromatic carbocycles. The molecule has 0 aromatic heterocycles. The normalized spacial score (nSPS) is 10.6. The van der Waals surface area contributed by atoms with Crippen LogP contribution in [0.3, 0.4) is 0 Å². The number of benzene rings is 2. The van der Waals surface area contributed by atoms with Crippen LogP contribution in [-0.4, -0.2) is 31.1 Å². The average molecular weight is 257 g/mol. The molecule has 0 heterocycles. The van der Waals surface area contributed by atoms with Gasteiger partial charge in [-0.2, -0.15) is 0 Å². The molecule has 2 rings (SSSR count).